The maximum atomic E-state index is 12.5. The zero-order valence-corrected chi connectivity index (χ0v) is 15.8. The highest BCUT2D eigenvalue weighted by Gasteiger charge is 2.28. The number of carbonyl (C=O) groups excluding carboxylic acids is 2. The zero-order valence-electron chi connectivity index (χ0n) is 14.2. The molecule has 6 heteroatoms. The number of ether oxygens (including phenoxy) is 2. The van der Waals surface area contributed by atoms with Gasteiger partial charge in [-0.3, -0.25) is 4.79 Å². The minimum Gasteiger partial charge on any atom is -0.452 e. The predicted octanol–water partition coefficient (Wildman–Crippen LogP) is 5.55. The normalized spacial score (nSPS) is 14.1. The molecule has 1 aliphatic heterocycles. The molecule has 0 N–H and O–H groups in total. The van der Waals surface area contributed by atoms with E-state index in [-0.39, 0.29) is 22.9 Å². The molecule has 0 aliphatic carbocycles. The quantitative estimate of drug-likeness (QED) is 0.331. The molecule has 134 valence electrons. The van der Waals surface area contributed by atoms with Crippen molar-refractivity contribution in [3.05, 3.63) is 86.3 Å². The summed E-state index contributed by atoms with van der Waals surface area (Å²) < 4.78 is 11.1. The number of halogens is 1. The molecule has 0 radical (unpaired) electrons. The van der Waals surface area contributed by atoms with E-state index in [1.54, 1.807) is 42.5 Å². The van der Waals surface area contributed by atoms with Crippen molar-refractivity contribution in [3.8, 4) is 11.5 Å². The summed E-state index contributed by atoms with van der Waals surface area (Å²) in [4.78, 5) is 25.8. The van der Waals surface area contributed by atoms with Gasteiger partial charge in [0.15, 0.2) is 5.76 Å². The highest BCUT2D eigenvalue weighted by Crippen LogP contribution is 2.36. The van der Waals surface area contributed by atoms with E-state index in [2.05, 4.69) is 0 Å². The standard InChI is InChI=1S/C21H13ClO4S/c1-12-8-9-27-19(12)11-18-20(23)15-7-6-13(10-17(15)26-18)25-21(24)14-4-2-3-5-16(14)22/h2-11H,1H3. The zero-order chi connectivity index (χ0) is 19.0. The topological polar surface area (TPSA) is 52.6 Å². The number of rotatable bonds is 3. The van der Waals surface area contributed by atoms with Gasteiger partial charge >= 0.3 is 5.97 Å². The monoisotopic (exact) mass is 396 g/mol. The highest BCUT2D eigenvalue weighted by atomic mass is 35.5. The second kappa shape index (κ2) is 7.02. The Morgan fingerprint density at radius 1 is 1.19 bits per heavy atom. The van der Waals surface area contributed by atoms with E-state index in [0.29, 0.717) is 16.3 Å². The molecule has 2 aromatic carbocycles. The largest absolute Gasteiger partial charge is 0.452 e. The van der Waals surface area contributed by atoms with Crippen LogP contribution in [0.1, 0.15) is 31.2 Å². The number of hydrogen-bond acceptors (Lipinski definition) is 5. The first kappa shape index (κ1) is 17.5. The van der Waals surface area contributed by atoms with Gasteiger partial charge in [0.05, 0.1) is 16.1 Å². The average molecular weight is 397 g/mol. The number of fused-ring (bicyclic) bond motifs is 1. The second-order valence-electron chi connectivity index (χ2n) is 5.93. The minimum atomic E-state index is -0.574. The third kappa shape index (κ3) is 3.39. The number of ketones is 1. The minimum absolute atomic E-state index is 0.193. The van der Waals surface area contributed by atoms with Crippen molar-refractivity contribution in [1.82, 2.24) is 0 Å². The van der Waals surface area contributed by atoms with Crippen LogP contribution in [0, 0.1) is 6.92 Å². The maximum Gasteiger partial charge on any atom is 0.345 e. The number of hydrogen-bond donors (Lipinski definition) is 0. The van der Waals surface area contributed by atoms with Crippen LogP contribution >= 0.6 is 22.9 Å². The summed E-state index contributed by atoms with van der Waals surface area (Å²) in [5, 5.41) is 2.27. The van der Waals surface area contributed by atoms with Crippen LogP contribution in [0.25, 0.3) is 6.08 Å². The van der Waals surface area contributed by atoms with E-state index >= 15 is 0 Å². The van der Waals surface area contributed by atoms with Gasteiger partial charge in [0.1, 0.15) is 11.5 Å². The molecule has 0 saturated carbocycles. The molecule has 27 heavy (non-hydrogen) atoms. The predicted molar refractivity (Wildman–Crippen MR) is 105 cm³/mol. The molecule has 0 saturated heterocycles. The molecule has 0 fully saturated rings. The van der Waals surface area contributed by atoms with Crippen LogP contribution in [-0.2, 0) is 0 Å². The molecule has 1 aromatic heterocycles. The molecule has 0 amide bonds. The Labute approximate surface area is 164 Å². The van der Waals surface area contributed by atoms with Crippen molar-refractivity contribution < 1.29 is 19.1 Å². The van der Waals surface area contributed by atoms with Crippen LogP contribution in [-0.4, -0.2) is 11.8 Å². The molecule has 1 aliphatic rings. The molecular formula is C21H13ClO4S. The van der Waals surface area contributed by atoms with Crippen molar-refractivity contribution >= 4 is 40.8 Å². The molecular weight excluding hydrogens is 384 g/mol. The lowest BCUT2D eigenvalue weighted by Gasteiger charge is -2.06. The van der Waals surface area contributed by atoms with Crippen molar-refractivity contribution in [2.45, 2.75) is 6.92 Å². The number of thiophene rings is 1. The lowest BCUT2D eigenvalue weighted by atomic mass is 10.1. The Balaban J connectivity index is 1.58. The summed E-state index contributed by atoms with van der Waals surface area (Å²) in [6.45, 7) is 1.97. The first-order chi connectivity index (χ1) is 13.0. The van der Waals surface area contributed by atoms with Crippen LogP contribution in [0.15, 0.2) is 59.7 Å². The Bertz CT molecular complexity index is 1100. The maximum absolute atomic E-state index is 12.5. The Kier molecular flexibility index (Phi) is 4.56. The number of aryl methyl sites for hydroxylation is 1. The van der Waals surface area contributed by atoms with E-state index < -0.39 is 5.97 Å². The van der Waals surface area contributed by atoms with Gasteiger partial charge in [0.25, 0.3) is 0 Å². The van der Waals surface area contributed by atoms with Gasteiger partial charge in [-0.05, 0) is 48.2 Å². The number of esters is 1. The molecule has 0 bridgehead atoms. The van der Waals surface area contributed by atoms with Crippen molar-refractivity contribution in [2.75, 3.05) is 0 Å². The Morgan fingerprint density at radius 2 is 2.00 bits per heavy atom. The average Bonchev–Trinajstić information content (AvgIpc) is 3.19. The second-order valence-corrected chi connectivity index (χ2v) is 7.29. The number of benzene rings is 2. The van der Waals surface area contributed by atoms with Gasteiger partial charge in [0.2, 0.25) is 5.78 Å². The van der Waals surface area contributed by atoms with E-state index in [0.717, 1.165) is 10.4 Å². The Morgan fingerprint density at radius 3 is 2.74 bits per heavy atom. The molecule has 0 atom stereocenters. The summed E-state index contributed by atoms with van der Waals surface area (Å²) in [5.74, 6) is 0.131. The fraction of sp³-hybridized carbons (Fsp3) is 0.0476. The molecule has 3 aromatic rings. The van der Waals surface area contributed by atoms with E-state index in [1.165, 1.54) is 17.4 Å². The van der Waals surface area contributed by atoms with Gasteiger partial charge in [-0.1, -0.05) is 23.7 Å². The molecule has 2 heterocycles. The number of Topliss-reactive ketones (excluding diaryl/α,β-unsaturated/α-hetero) is 1. The van der Waals surface area contributed by atoms with Gasteiger partial charge in [-0.2, -0.15) is 0 Å². The fourth-order valence-corrected chi connectivity index (χ4v) is 3.73. The van der Waals surface area contributed by atoms with E-state index in [4.69, 9.17) is 21.1 Å². The third-order valence-corrected chi connectivity index (χ3v) is 5.41. The molecule has 0 unspecified atom stereocenters. The Hall–Kier alpha value is -2.89. The van der Waals surface area contributed by atoms with Crippen LogP contribution in [0.5, 0.6) is 11.5 Å². The van der Waals surface area contributed by atoms with Gasteiger partial charge < -0.3 is 9.47 Å². The third-order valence-electron chi connectivity index (χ3n) is 4.11. The van der Waals surface area contributed by atoms with Crippen LogP contribution in [0.2, 0.25) is 5.02 Å². The molecule has 0 spiro atoms. The first-order valence-electron chi connectivity index (χ1n) is 8.12. The van der Waals surface area contributed by atoms with E-state index in [1.807, 2.05) is 18.4 Å². The van der Waals surface area contributed by atoms with Crippen LogP contribution in [0.4, 0.5) is 0 Å². The summed E-state index contributed by atoms with van der Waals surface area (Å²) in [6, 6.07) is 13.3. The summed E-state index contributed by atoms with van der Waals surface area (Å²) in [6.07, 6.45) is 1.73. The SMILES string of the molecule is Cc1ccsc1C=C1Oc2cc(OC(=O)c3ccccc3Cl)ccc2C1=O. The fourth-order valence-electron chi connectivity index (χ4n) is 2.67. The number of allylic oxidation sites excluding steroid dienone is 1. The smallest absolute Gasteiger partial charge is 0.345 e. The van der Waals surface area contributed by atoms with Crippen molar-refractivity contribution in [3.63, 3.8) is 0 Å². The van der Waals surface area contributed by atoms with Crippen LogP contribution in [0.3, 0.4) is 0 Å². The van der Waals surface area contributed by atoms with Crippen molar-refractivity contribution in [1.29, 1.82) is 0 Å². The van der Waals surface area contributed by atoms with E-state index in [9.17, 15) is 9.59 Å². The first-order valence-corrected chi connectivity index (χ1v) is 9.38. The number of carbonyl (C=O) groups is 2. The van der Waals surface area contributed by atoms with Gasteiger partial charge in [0, 0.05) is 17.0 Å². The highest BCUT2D eigenvalue weighted by molar-refractivity contribution is 7.11. The summed E-state index contributed by atoms with van der Waals surface area (Å²) in [7, 11) is 0. The molecule has 4 nitrogen and oxygen atoms in total. The summed E-state index contributed by atoms with van der Waals surface area (Å²) in [5.41, 5.74) is 1.78. The van der Waals surface area contributed by atoms with Crippen LogP contribution < -0.4 is 9.47 Å². The van der Waals surface area contributed by atoms with Crippen molar-refractivity contribution in [2.24, 2.45) is 0 Å². The molecule has 4 rings (SSSR count). The lowest BCUT2D eigenvalue weighted by molar-refractivity contribution is 0.0734. The summed E-state index contributed by atoms with van der Waals surface area (Å²) >= 11 is 7.56. The lowest BCUT2D eigenvalue weighted by Crippen LogP contribution is -2.09. The van der Waals surface area contributed by atoms with Gasteiger partial charge in [-0.15, -0.1) is 11.3 Å². The van der Waals surface area contributed by atoms with Gasteiger partial charge in [-0.25, -0.2) is 4.79 Å².